The lowest BCUT2D eigenvalue weighted by Gasteiger charge is -2.12. The van der Waals surface area contributed by atoms with Gasteiger partial charge in [-0.25, -0.2) is 9.97 Å². The Labute approximate surface area is 121 Å². The van der Waals surface area contributed by atoms with Gasteiger partial charge in [-0.05, 0) is 48.3 Å². The molecule has 1 N–H and O–H groups in total. The van der Waals surface area contributed by atoms with Crippen LogP contribution in [0.25, 0.3) is 11.5 Å². The standard InChI is InChI=1S/C14H17BrN4/c1-4-11-9(3)18-14(19-13(11)16-5-2)12-7-6-10(15)8-17-12/h6-8H,4-5H2,1-3H3,(H,16,18,19). The fourth-order valence-electron chi connectivity index (χ4n) is 1.96. The summed E-state index contributed by atoms with van der Waals surface area (Å²) in [6.45, 7) is 7.04. The summed E-state index contributed by atoms with van der Waals surface area (Å²) in [5.74, 6) is 1.58. The minimum Gasteiger partial charge on any atom is -0.370 e. The summed E-state index contributed by atoms with van der Waals surface area (Å²) in [4.78, 5) is 13.5. The Morgan fingerprint density at radius 2 is 2.00 bits per heavy atom. The first-order valence-corrected chi connectivity index (χ1v) is 7.18. The Morgan fingerprint density at radius 3 is 2.58 bits per heavy atom. The van der Waals surface area contributed by atoms with Crippen LogP contribution in [0.3, 0.4) is 0 Å². The van der Waals surface area contributed by atoms with E-state index in [1.165, 1.54) is 5.56 Å². The van der Waals surface area contributed by atoms with Gasteiger partial charge in [0.05, 0.1) is 0 Å². The number of nitrogens with zero attached hydrogens (tertiary/aromatic N) is 3. The summed E-state index contributed by atoms with van der Waals surface area (Å²) >= 11 is 3.38. The minimum absolute atomic E-state index is 0.665. The molecule has 0 unspecified atom stereocenters. The van der Waals surface area contributed by atoms with E-state index >= 15 is 0 Å². The SMILES string of the molecule is CCNc1nc(-c2ccc(Br)cn2)nc(C)c1CC. The van der Waals surface area contributed by atoms with Crippen molar-refractivity contribution in [1.29, 1.82) is 0 Å². The van der Waals surface area contributed by atoms with E-state index in [0.29, 0.717) is 5.82 Å². The molecule has 19 heavy (non-hydrogen) atoms. The summed E-state index contributed by atoms with van der Waals surface area (Å²) < 4.78 is 0.949. The number of halogens is 1. The third-order valence-corrected chi connectivity index (χ3v) is 3.34. The third-order valence-electron chi connectivity index (χ3n) is 2.87. The lowest BCUT2D eigenvalue weighted by Crippen LogP contribution is -2.08. The molecule has 0 aliphatic carbocycles. The van der Waals surface area contributed by atoms with Crippen LogP contribution in [-0.4, -0.2) is 21.5 Å². The van der Waals surface area contributed by atoms with Gasteiger partial charge in [-0.2, -0.15) is 0 Å². The highest BCUT2D eigenvalue weighted by molar-refractivity contribution is 9.10. The summed E-state index contributed by atoms with van der Waals surface area (Å²) in [7, 11) is 0. The van der Waals surface area contributed by atoms with Crippen molar-refractivity contribution in [1.82, 2.24) is 15.0 Å². The van der Waals surface area contributed by atoms with Crippen LogP contribution in [0.1, 0.15) is 25.1 Å². The number of rotatable bonds is 4. The van der Waals surface area contributed by atoms with E-state index in [9.17, 15) is 0 Å². The van der Waals surface area contributed by atoms with Crippen LogP contribution in [0, 0.1) is 6.92 Å². The molecule has 2 rings (SSSR count). The van der Waals surface area contributed by atoms with Gasteiger partial charge < -0.3 is 5.32 Å². The largest absolute Gasteiger partial charge is 0.370 e. The maximum Gasteiger partial charge on any atom is 0.180 e. The molecule has 2 aromatic rings. The molecule has 4 nitrogen and oxygen atoms in total. The third kappa shape index (κ3) is 3.10. The molecule has 0 aromatic carbocycles. The highest BCUT2D eigenvalue weighted by Gasteiger charge is 2.11. The molecular weight excluding hydrogens is 304 g/mol. The van der Waals surface area contributed by atoms with E-state index in [1.807, 2.05) is 19.1 Å². The van der Waals surface area contributed by atoms with Gasteiger partial charge in [-0.1, -0.05) is 6.92 Å². The van der Waals surface area contributed by atoms with Crippen LogP contribution in [0.4, 0.5) is 5.82 Å². The van der Waals surface area contributed by atoms with E-state index in [1.54, 1.807) is 6.20 Å². The Kier molecular flexibility index (Phi) is 4.47. The van der Waals surface area contributed by atoms with Crippen molar-refractivity contribution >= 4 is 21.7 Å². The van der Waals surface area contributed by atoms with Crippen LogP contribution < -0.4 is 5.32 Å². The Hall–Kier alpha value is -1.49. The quantitative estimate of drug-likeness (QED) is 0.935. The summed E-state index contributed by atoms with van der Waals surface area (Å²) in [5.41, 5.74) is 2.96. The van der Waals surface area contributed by atoms with E-state index in [2.05, 4.69) is 50.0 Å². The molecule has 0 radical (unpaired) electrons. The maximum atomic E-state index is 4.59. The number of aromatic nitrogens is 3. The molecule has 0 bridgehead atoms. The van der Waals surface area contributed by atoms with Crippen molar-refractivity contribution in [3.8, 4) is 11.5 Å². The second-order valence-corrected chi connectivity index (χ2v) is 5.12. The summed E-state index contributed by atoms with van der Waals surface area (Å²) in [6.07, 6.45) is 2.68. The maximum absolute atomic E-state index is 4.59. The van der Waals surface area contributed by atoms with Crippen molar-refractivity contribution in [3.05, 3.63) is 34.1 Å². The molecule has 5 heteroatoms. The van der Waals surface area contributed by atoms with Crippen molar-refractivity contribution in [2.24, 2.45) is 0 Å². The fourth-order valence-corrected chi connectivity index (χ4v) is 2.19. The van der Waals surface area contributed by atoms with Gasteiger partial charge in [0.1, 0.15) is 11.5 Å². The van der Waals surface area contributed by atoms with Crippen molar-refractivity contribution in [2.45, 2.75) is 27.2 Å². The number of aryl methyl sites for hydroxylation is 1. The zero-order valence-corrected chi connectivity index (χ0v) is 13.0. The second kappa shape index (κ2) is 6.10. The van der Waals surface area contributed by atoms with E-state index in [0.717, 1.165) is 34.6 Å². The van der Waals surface area contributed by atoms with Crippen LogP contribution in [0.15, 0.2) is 22.8 Å². The van der Waals surface area contributed by atoms with Gasteiger partial charge in [0.15, 0.2) is 5.82 Å². The zero-order chi connectivity index (χ0) is 13.8. The average molecular weight is 321 g/mol. The normalized spacial score (nSPS) is 10.5. The van der Waals surface area contributed by atoms with E-state index in [-0.39, 0.29) is 0 Å². The molecule has 0 saturated carbocycles. The Balaban J connectivity index is 2.49. The topological polar surface area (TPSA) is 50.7 Å². The molecule has 0 amide bonds. The molecule has 2 aromatic heterocycles. The Morgan fingerprint density at radius 1 is 1.21 bits per heavy atom. The monoisotopic (exact) mass is 320 g/mol. The van der Waals surface area contributed by atoms with Gasteiger partial charge in [-0.3, -0.25) is 4.98 Å². The highest BCUT2D eigenvalue weighted by atomic mass is 79.9. The lowest BCUT2D eigenvalue weighted by molar-refractivity contribution is 0.983. The number of nitrogens with one attached hydrogen (secondary N) is 1. The molecular formula is C14H17BrN4. The van der Waals surface area contributed by atoms with Crippen LogP contribution in [-0.2, 0) is 6.42 Å². The first-order chi connectivity index (χ1) is 9.15. The first kappa shape index (κ1) is 13.9. The summed E-state index contributed by atoms with van der Waals surface area (Å²) in [6, 6.07) is 3.86. The fraction of sp³-hybridized carbons (Fsp3) is 0.357. The zero-order valence-electron chi connectivity index (χ0n) is 11.4. The minimum atomic E-state index is 0.665. The molecule has 0 atom stereocenters. The number of anilines is 1. The second-order valence-electron chi connectivity index (χ2n) is 4.21. The molecule has 2 heterocycles. The summed E-state index contributed by atoms with van der Waals surface area (Å²) in [5, 5.41) is 3.30. The van der Waals surface area contributed by atoms with Gasteiger partial charge in [0, 0.05) is 28.5 Å². The first-order valence-electron chi connectivity index (χ1n) is 6.39. The van der Waals surface area contributed by atoms with Crippen LogP contribution in [0.2, 0.25) is 0 Å². The molecule has 100 valence electrons. The van der Waals surface area contributed by atoms with E-state index < -0.39 is 0 Å². The predicted octanol–water partition coefficient (Wildman–Crippen LogP) is 3.60. The van der Waals surface area contributed by atoms with Crippen LogP contribution in [0.5, 0.6) is 0 Å². The highest BCUT2D eigenvalue weighted by Crippen LogP contribution is 2.22. The van der Waals surface area contributed by atoms with Crippen molar-refractivity contribution in [3.63, 3.8) is 0 Å². The number of hydrogen-bond donors (Lipinski definition) is 1. The van der Waals surface area contributed by atoms with Crippen molar-refractivity contribution < 1.29 is 0 Å². The van der Waals surface area contributed by atoms with Crippen molar-refractivity contribution in [2.75, 3.05) is 11.9 Å². The molecule has 0 spiro atoms. The number of hydrogen-bond acceptors (Lipinski definition) is 4. The van der Waals surface area contributed by atoms with Gasteiger partial charge in [0.25, 0.3) is 0 Å². The number of pyridine rings is 1. The molecule has 0 fully saturated rings. The van der Waals surface area contributed by atoms with E-state index in [4.69, 9.17) is 0 Å². The smallest absolute Gasteiger partial charge is 0.180 e. The lowest BCUT2D eigenvalue weighted by atomic mass is 10.1. The molecule has 0 saturated heterocycles. The van der Waals surface area contributed by atoms with Gasteiger partial charge in [-0.15, -0.1) is 0 Å². The average Bonchev–Trinajstić information content (AvgIpc) is 2.39. The molecule has 0 aliphatic heterocycles. The van der Waals surface area contributed by atoms with Gasteiger partial charge >= 0.3 is 0 Å². The molecule has 0 aliphatic rings. The predicted molar refractivity (Wildman–Crippen MR) is 81.2 cm³/mol. The van der Waals surface area contributed by atoms with Gasteiger partial charge in [0.2, 0.25) is 0 Å². The van der Waals surface area contributed by atoms with Crippen LogP contribution >= 0.6 is 15.9 Å². The Bertz CT molecular complexity index is 566.